The Bertz CT molecular complexity index is 633. The van der Waals surface area contributed by atoms with Gasteiger partial charge in [-0.05, 0) is 49.1 Å². The standard InChI is InChI=1S/C21H26N2O/c22-20(15-16-7-3-1-4-8-16)21(24)23-19-13-11-18(12-14-19)17-9-5-2-6-10-17/h1-10,18-20H,11-15,22H2,(H,23,24)/t18?,19?,20-/m0/s1. The second-order valence-electron chi connectivity index (χ2n) is 6.76. The Kier molecular flexibility index (Phi) is 5.65. The Morgan fingerprint density at radius 3 is 2.17 bits per heavy atom. The van der Waals surface area contributed by atoms with Gasteiger partial charge < -0.3 is 11.1 Å². The average Bonchev–Trinajstić information content (AvgIpc) is 2.64. The molecule has 0 radical (unpaired) electrons. The average molecular weight is 322 g/mol. The molecule has 3 rings (SSSR count). The zero-order valence-electron chi connectivity index (χ0n) is 14.0. The van der Waals surface area contributed by atoms with Crippen LogP contribution in [0.4, 0.5) is 0 Å². The molecule has 3 N–H and O–H groups in total. The van der Waals surface area contributed by atoms with Crippen molar-refractivity contribution in [3.05, 3.63) is 71.8 Å². The van der Waals surface area contributed by atoms with Crippen LogP contribution in [0.15, 0.2) is 60.7 Å². The molecule has 1 saturated carbocycles. The Morgan fingerprint density at radius 2 is 1.54 bits per heavy atom. The summed E-state index contributed by atoms with van der Waals surface area (Å²) >= 11 is 0. The first-order chi connectivity index (χ1) is 11.7. The van der Waals surface area contributed by atoms with E-state index in [-0.39, 0.29) is 11.9 Å². The van der Waals surface area contributed by atoms with E-state index in [1.165, 1.54) is 5.56 Å². The van der Waals surface area contributed by atoms with Crippen LogP contribution in [0.5, 0.6) is 0 Å². The monoisotopic (exact) mass is 322 g/mol. The number of nitrogens with two attached hydrogens (primary N) is 1. The van der Waals surface area contributed by atoms with Gasteiger partial charge in [0.05, 0.1) is 6.04 Å². The molecule has 0 unspecified atom stereocenters. The summed E-state index contributed by atoms with van der Waals surface area (Å²) in [6, 6.07) is 20.4. The summed E-state index contributed by atoms with van der Waals surface area (Å²) < 4.78 is 0. The molecular weight excluding hydrogens is 296 g/mol. The largest absolute Gasteiger partial charge is 0.352 e. The fraction of sp³-hybridized carbons (Fsp3) is 0.381. The molecule has 0 aromatic heterocycles. The normalized spacial score (nSPS) is 21.9. The molecule has 0 spiro atoms. The summed E-state index contributed by atoms with van der Waals surface area (Å²) in [5.41, 5.74) is 8.60. The quantitative estimate of drug-likeness (QED) is 0.886. The van der Waals surface area contributed by atoms with Crippen LogP contribution in [0.3, 0.4) is 0 Å². The van der Waals surface area contributed by atoms with E-state index >= 15 is 0 Å². The Morgan fingerprint density at radius 1 is 0.958 bits per heavy atom. The van der Waals surface area contributed by atoms with Gasteiger partial charge in [0.1, 0.15) is 0 Å². The van der Waals surface area contributed by atoms with Crippen LogP contribution in [0, 0.1) is 0 Å². The number of amides is 1. The Labute approximate surface area is 144 Å². The first-order valence-corrected chi connectivity index (χ1v) is 8.87. The predicted octanol–water partition coefficient (Wildman–Crippen LogP) is 3.40. The summed E-state index contributed by atoms with van der Waals surface area (Å²) in [6.45, 7) is 0. The fourth-order valence-electron chi connectivity index (χ4n) is 3.57. The van der Waals surface area contributed by atoms with Gasteiger partial charge >= 0.3 is 0 Å². The molecule has 0 bridgehead atoms. The fourth-order valence-corrected chi connectivity index (χ4v) is 3.57. The molecule has 2 aromatic carbocycles. The second-order valence-corrected chi connectivity index (χ2v) is 6.76. The number of hydrogen-bond acceptors (Lipinski definition) is 2. The van der Waals surface area contributed by atoms with Gasteiger partial charge in [-0.2, -0.15) is 0 Å². The third-order valence-corrected chi connectivity index (χ3v) is 4.98. The topological polar surface area (TPSA) is 55.1 Å². The van der Waals surface area contributed by atoms with Gasteiger partial charge in [-0.1, -0.05) is 60.7 Å². The maximum absolute atomic E-state index is 12.3. The molecular formula is C21H26N2O. The highest BCUT2D eigenvalue weighted by Crippen LogP contribution is 2.32. The van der Waals surface area contributed by atoms with E-state index in [1.54, 1.807) is 0 Å². The molecule has 1 fully saturated rings. The van der Waals surface area contributed by atoms with Crippen molar-refractivity contribution in [1.29, 1.82) is 0 Å². The van der Waals surface area contributed by atoms with E-state index in [1.807, 2.05) is 30.3 Å². The number of rotatable bonds is 5. The lowest BCUT2D eigenvalue weighted by atomic mass is 9.81. The molecule has 1 amide bonds. The highest BCUT2D eigenvalue weighted by molar-refractivity contribution is 5.82. The van der Waals surface area contributed by atoms with Gasteiger partial charge in [0.15, 0.2) is 0 Å². The highest BCUT2D eigenvalue weighted by atomic mass is 16.2. The summed E-state index contributed by atoms with van der Waals surface area (Å²) in [4.78, 5) is 12.3. The Hall–Kier alpha value is -2.13. The molecule has 0 saturated heterocycles. The van der Waals surface area contributed by atoms with Crippen LogP contribution in [-0.2, 0) is 11.2 Å². The number of carbonyl (C=O) groups is 1. The lowest BCUT2D eigenvalue weighted by molar-refractivity contribution is -0.123. The minimum Gasteiger partial charge on any atom is -0.352 e. The van der Waals surface area contributed by atoms with Gasteiger partial charge in [-0.25, -0.2) is 0 Å². The van der Waals surface area contributed by atoms with E-state index in [2.05, 4.69) is 35.6 Å². The molecule has 0 aliphatic heterocycles. The summed E-state index contributed by atoms with van der Waals surface area (Å²) in [6.07, 6.45) is 4.91. The first-order valence-electron chi connectivity index (χ1n) is 8.87. The Balaban J connectivity index is 1.46. The van der Waals surface area contributed by atoms with E-state index in [0.717, 1.165) is 31.2 Å². The van der Waals surface area contributed by atoms with Crippen molar-refractivity contribution in [3.63, 3.8) is 0 Å². The van der Waals surface area contributed by atoms with Gasteiger partial charge in [0, 0.05) is 6.04 Å². The van der Waals surface area contributed by atoms with Crippen molar-refractivity contribution in [2.75, 3.05) is 0 Å². The number of benzene rings is 2. The lowest BCUT2D eigenvalue weighted by Crippen LogP contribution is -2.47. The second kappa shape index (κ2) is 8.11. The summed E-state index contributed by atoms with van der Waals surface area (Å²) in [5, 5.41) is 3.15. The zero-order chi connectivity index (χ0) is 16.8. The molecule has 0 heterocycles. The van der Waals surface area contributed by atoms with Crippen LogP contribution in [0.1, 0.15) is 42.7 Å². The van der Waals surface area contributed by atoms with Crippen molar-refractivity contribution in [1.82, 2.24) is 5.32 Å². The molecule has 2 aromatic rings. The van der Waals surface area contributed by atoms with Crippen LogP contribution >= 0.6 is 0 Å². The van der Waals surface area contributed by atoms with E-state index in [0.29, 0.717) is 12.3 Å². The molecule has 126 valence electrons. The van der Waals surface area contributed by atoms with Crippen molar-refractivity contribution in [2.45, 2.75) is 50.1 Å². The van der Waals surface area contributed by atoms with Crippen LogP contribution in [0.2, 0.25) is 0 Å². The van der Waals surface area contributed by atoms with Crippen LogP contribution in [0.25, 0.3) is 0 Å². The third kappa shape index (κ3) is 4.45. The molecule has 1 aliphatic carbocycles. The zero-order valence-corrected chi connectivity index (χ0v) is 14.0. The highest BCUT2D eigenvalue weighted by Gasteiger charge is 2.25. The van der Waals surface area contributed by atoms with E-state index in [9.17, 15) is 4.79 Å². The molecule has 3 nitrogen and oxygen atoms in total. The third-order valence-electron chi connectivity index (χ3n) is 4.98. The molecule has 1 atom stereocenters. The van der Waals surface area contributed by atoms with Crippen molar-refractivity contribution < 1.29 is 4.79 Å². The van der Waals surface area contributed by atoms with Crippen molar-refractivity contribution in [2.24, 2.45) is 5.73 Å². The maximum Gasteiger partial charge on any atom is 0.237 e. The predicted molar refractivity (Wildman–Crippen MR) is 97.7 cm³/mol. The van der Waals surface area contributed by atoms with Gasteiger partial charge in [0.2, 0.25) is 5.91 Å². The lowest BCUT2D eigenvalue weighted by Gasteiger charge is -2.30. The van der Waals surface area contributed by atoms with Crippen LogP contribution in [-0.4, -0.2) is 18.0 Å². The van der Waals surface area contributed by atoms with E-state index in [4.69, 9.17) is 5.73 Å². The minimum absolute atomic E-state index is 0.0259. The van der Waals surface area contributed by atoms with Crippen molar-refractivity contribution in [3.8, 4) is 0 Å². The number of hydrogen-bond donors (Lipinski definition) is 2. The number of carbonyl (C=O) groups excluding carboxylic acids is 1. The van der Waals surface area contributed by atoms with Crippen molar-refractivity contribution >= 4 is 5.91 Å². The molecule has 24 heavy (non-hydrogen) atoms. The van der Waals surface area contributed by atoms with E-state index < -0.39 is 6.04 Å². The maximum atomic E-state index is 12.3. The van der Waals surface area contributed by atoms with Gasteiger partial charge in [-0.3, -0.25) is 4.79 Å². The summed E-state index contributed by atoms with van der Waals surface area (Å²) in [5.74, 6) is 0.597. The molecule has 1 aliphatic rings. The van der Waals surface area contributed by atoms with Crippen LogP contribution < -0.4 is 11.1 Å². The van der Waals surface area contributed by atoms with Gasteiger partial charge in [-0.15, -0.1) is 0 Å². The number of nitrogens with one attached hydrogen (secondary N) is 1. The SMILES string of the molecule is N[C@@H](Cc1ccccc1)C(=O)NC1CCC(c2ccccc2)CC1. The first kappa shape index (κ1) is 16.7. The van der Waals surface area contributed by atoms with Gasteiger partial charge in [0.25, 0.3) is 0 Å². The smallest absolute Gasteiger partial charge is 0.237 e. The summed E-state index contributed by atoms with van der Waals surface area (Å²) in [7, 11) is 0. The minimum atomic E-state index is -0.473. The molecule has 3 heteroatoms.